The average molecular weight is 615 g/mol. The van der Waals surface area contributed by atoms with E-state index in [1.165, 1.54) is 0 Å². The Morgan fingerprint density at radius 2 is 1.83 bits per heavy atom. The highest BCUT2D eigenvalue weighted by molar-refractivity contribution is 6.34. The van der Waals surface area contributed by atoms with Crippen molar-refractivity contribution in [3.63, 3.8) is 0 Å². The number of amides is 1. The summed E-state index contributed by atoms with van der Waals surface area (Å²) in [5.74, 6) is -8.93. The smallest absolute Gasteiger partial charge is 0.426 e. The predicted octanol–water partition coefficient (Wildman–Crippen LogP) is 5.83. The molecule has 4 rings (SSSR count). The molecule has 18 heteroatoms. The molecule has 0 aliphatic heterocycles. The number of carbonyl (C=O) groups excluding carboxylic acids is 1. The third-order valence-electron chi connectivity index (χ3n) is 6.03. The quantitative estimate of drug-likeness (QED) is 0.338. The van der Waals surface area contributed by atoms with E-state index in [1.807, 2.05) is 6.07 Å². The number of hydrogen-bond acceptors (Lipinski definition) is 5. The number of nitrogens with zero attached hydrogens (tertiary/aromatic N) is 5. The molecular weight excluding hydrogens is 599 g/mol. The van der Waals surface area contributed by atoms with Crippen LogP contribution in [0, 0.1) is 17.1 Å². The molecule has 1 aliphatic carbocycles. The molecule has 8 nitrogen and oxygen atoms in total. The van der Waals surface area contributed by atoms with E-state index in [9.17, 15) is 49.6 Å². The van der Waals surface area contributed by atoms with Crippen LogP contribution >= 0.6 is 11.6 Å². The van der Waals surface area contributed by atoms with Gasteiger partial charge in [-0.15, -0.1) is 5.10 Å². The second-order valence-electron chi connectivity index (χ2n) is 9.26. The number of alkyl halides is 8. The molecule has 1 aromatic carbocycles. The summed E-state index contributed by atoms with van der Waals surface area (Å²) < 4.78 is 128. The lowest BCUT2D eigenvalue weighted by atomic mass is 10.0. The van der Waals surface area contributed by atoms with E-state index in [1.54, 1.807) is 0 Å². The molecule has 1 aliphatic rings. The summed E-state index contributed by atoms with van der Waals surface area (Å²) in [5.41, 5.74) is -3.54. The summed E-state index contributed by atoms with van der Waals surface area (Å²) >= 11 is 5.92. The van der Waals surface area contributed by atoms with Gasteiger partial charge in [-0.3, -0.25) is 4.79 Å². The first-order valence-corrected chi connectivity index (χ1v) is 11.7. The van der Waals surface area contributed by atoms with Gasteiger partial charge in [-0.25, -0.2) is 18.1 Å². The first kappa shape index (κ1) is 30.0. The molecule has 3 aromatic rings. The number of benzene rings is 1. The summed E-state index contributed by atoms with van der Waals surface area (Å²) in [4.78, 5) is 12.7. The van der Waals surface area contributed by atoms with Crippen molar-refractivity contribution in [3.05, 3.63) is 46.5 Å². The number of rotatable bonds is 7. The van der Waals surface area contributed by atoms with Gasteiger partial charge in [0.15, 0.2) is 11.4 Å². The Morgan fingerprint density at radius 1 is 1.20 bits per heavy atom. The van der Waals surface area contributed by atoms with E-state index in [0.29, 0.717) is 22.2 Å². The monoisotopic (exact) mass is 614 g/mol. The van der Waals surface area contributed by atoms with Gasteiger partial charge in [0.25, 0.3) is 17.9 Å². The topological polar surface area (TPSA) is 97.8 Å². The maximum Gasteiger partial charge on any atom is 0.426 e. The van der Waals surface area contributed by atoms with Crippen molar-refractivity contribution in [2.45, 2.75) is 49.7 Å². The van der Waals surface area contributed by atoms with Gasteiger partial charge >= 0.3 is 12.4 Å². The molecule has 1 amide bonds. The second-order valence-corrected chi connectivity index (χ2v) is 9.64. The highest BCUT2D eigenvalue weighted by Crippen LogP contribution is 2.43. The molecule has 0 spiro atoms. The van der Waals surface area contributed by atoms with E-state index in [4.69, 9.17) is 11.6 Å². The normalized spacial score (nSPS) is 17.0. The van der Waals surface area contributed by atoms with Crippen LogP contribution in [0.25, 0.3) is 16.9 Å². The van der Waals surface area contributed by atoms with Gasteiger partial charge < -0.3 is 10.1 Å². The largest absolute Gasteiger partial charge is 0.436 e. The van der Waals surface area contributed by atoms with Crippen molar-refractivity contribution in [2.75, 3.05) is 0 Å². The van der Waals surface area contributed by atoms with Crippen molar-refractivity contribution >= 4 is 17.5 Å². The third-order valence-corrected chi connectivity index (χ3v) is 6.41. The average Bonchev–Trinajstić information content (AvgIpc) is 3.30. The van der Waals surface area contributed by atoms with Crippen LogP contribution in [0.5, 0.6) is 5.88 Å². The summed E-state index contributed by atoms with van der Waals surface area (Å²) in [5, 5.41) is 18.1. The SMILES string of the molecule is Cn1nc(OC(C)(F)C(F)C(F)(F)F)c(C(F)(F)F)c1-n1cc(-c2cc(F)c(Cl)c(C(=O)NC3(C#N)CC3)c2)cn1. The van der Waals surface area contributed by atoms with Gasteiger partial charge in [-0.2, -0.15) is 41.1 Å². The fourth-order valence-corrected chi connectivity index (χ4v) is 3.98. The van der Waals surface area contributed by atoms with Crippen LogP contribution in [-0.4, -0.2) is 49.2 Å². The predicted molar refractivity (Wildman–Crippen MR) is 122 cm³/mol. The minimum Gasteiger partial charge on any atom is -0.436 e. The van der Waals surface area contributed by atoms with E-state index >= 15 is 0 Å². The maximum atomic E-state index is 14.6. The number of nitrogens with one attached hydrogen (secondary N) is 1. The molecule has 2 unspecified atom stereocenters. The van der Waals surface area contributed by atoms with Gasteiger partial charge in [-0.05, 0) is 30.5 Å². The number of hydrogen-bond donors (Lipinski definition) is 1. The fraction of sp³-hybridized carbons (Fsp3) is 0.391. The standard InChI is InChI=1S/C23H16ClF9N6O2/c1-20(27,19(26)23(31,32)33)41-17-14(22(28,29)30)18(38(2)37-17)39-8-11(7-35-39)10-5-12(15(24)13(25)6-10)16(40)36-21(9-34)3-4-21/h5-8,19H,3-4H2,1-2H3,(H,36,40). The van der Waals surface area contributed by atoms with Crippen molar-refractivity contribution in [2.24, 2.45) is 7.05 Å². The van der Waals surface area contributed by atoms with Crippen LogP contribution < -0.4 is 10.1 Å². The molecule has 0 saturated heterocycles. The molecule has 2 aromatic heterocycles. The van der Waals surface area contributed by atoms with Crippen molar-refractivity contribution in [3.8, 4) is 28.9 Å². The van der Waals surface area contributed by atoms with Gasteiger partial charge in [0.1, 0.15) is 11.4 Å². The maximum absolute atomic E-state index is 14.6. The molecule has 2 atom stereocenters. The Kier molecular flexibility index (Phi) is 7.22. The number of halogens is 10. The van der Waals surface area contributed by atoms with Crippen LogP contribution in [0.3, 0.4) is 0 Å². The van der Waals surface area contributed by atoms with Gasteiger partial charge in [0.05, 0.1) is 22.9 Å². The van der Waals surface area contributed by atoms with Crippen molar-refractivity contribution < 1.29 is 49.0 Å². The number of carbonyl (C=O) groups is 1. The zero-order valence-electron chi connectivity index (χ0n) is 20.6. The summed E-state index contributed by atoms with van der Waals surface area (Å²) in [6, 6.07) is 3.87. The molecule has 1 N–H and O–H groups in total. The molecule has 0 radical (unpaired) electrons. The van der Waals surface area contributed by atoms with Gasteiger partial charge in [0, 0.05) is 25.7 Å². The molecule has 1 saturated carbocycles. The number of aryl methyl sites for hydroxylation is 1. The Balaban J connectivity index is 1.74. The molecule has 0 bridgehead atoms. The summed E-state index contributed by atoms with van der Waals surface area (Å²) in [7, 11) is 0.901. The molecule has 41 heavy (non-hydrogen) atoms. The Hall–Kier alpha value is -3.94. The lowest BCUT2D eigenvalue weighted by Crippen LogP contribution is -2.47. The number of ether oxygens (including phenoxy) is 1. The van der Waals surface area contributed by atoms with Crippen LogP contribution in [0.2, 0.25) is 5.02 Å². The van der Waals surface area contributed by atoms with Crippen LogP contribution in [0.1, 0.15) is 35.7 Å². The van der Waals surface area contributed by atoms with E-state index in [0.717, 1.165) is 31.6 Å². The number of aromatic nitrogens is 4. The summed E-state index contributed by atoms with van der Waals surface area (Å²) in [6.45, 7) is -0.0455. The van der Waals surface area contributed by atoms with E-state index in [2.05, 4.69) is 20.3 Å². The summed E-state index contributed by atoms with van der Waals surface area (Å²) in [6.07, 6.45) is -12.9. The zero-order valence-corrected chi connectivity index (χ0v) is 21.4. The molecule has 2 heterocycles. The minimum atomic E-state index is -5.80. The van der Waals surface area contributed by atoms with Crippen LogP contribution in [0.15, 0.2) is 24.5 Å². The zero-order chi connectivity index (χ0) is 30.7. The van der Waals surface area contributed by atoms with E-state index < -0.39 is 63.9 Å². The molecule has 1 fully saturated rings. The molecular formula is C23H16ClF9N6O2. The Labute approximate surface area is 229 Å². The fourth-order valence-electron chi connectivity index (χ4n) is 3.79. The van der Waals surface area contributed by atoms with Crippen LogP contribution in [-0.2, 0) is 13.2 Å². The van der Waals surface area contributed by atoms with Crippen molar-refractivity contribution in [1.82, 2.24) is 24.9 Å². The Morgan fingerprint density at radius 3 is 2.37 bits per heavy atom. The molecule has 220 valence electrons. The highest BCUT2D eigenvalue weighted by atomic mass is 35.5. The minimum absolute atomic E-state index is 0.0455. The first-order valence-electron chi connectivity index (χ1n) is 11.3. The number of nitriles is 1. The van der Waals surface area contributed by atoms with Gasteiger partial charge in [0.2, 0.25) is 5.88 Å². The lowest BCUT2D eigenvalue weighted by molar-refractivity contribution is -0.253. The lowest BCUT2D eigenvalue weighted by Gasteiger charge is -2.26. The Bertz CT molecular complexity index is 1550. The first-order chi connectivity index (χ1) is 18.8. The van der Waals surface area contributed by atoms with E-state index in [-0.39, 0.29) is 23.6 Å². The highest BCUT2D eigenvalue weighted by Gasteiger charge is 2.56. The van der Waals surface area contributed by atoms with Crippen LogP contribution in [0.4, 0.5) is 39.5 Å². The van der Waals surface area contributed by atoms with Gasteiger partial charge in [-0.1, -0.05) is 11.6 Å². The second kappa shape index (κ2) is 9.86. The van der Waals surface area contributed by atoms with Crippen molar-refractivity contribution in [1.29, 1.82) is 5.26 Å². The third kappa shape index (κ3) is 5.78.